The molecule has 0 saturated heterocycles. The molecule has 0 fully saturated rings. The second-order valence-corrected chi connectivity index (χ2v) is 7.68. The van der Waals surface area contributed by atoms with Gasteiger partial charge in [0, 0.05) is 12.6 Å². The van der Waals surface area contributed by atoms with Gasteiger partial charge in [-0.1, -0.05) is 12.1 Å². The molecule has 0 spiro atoms. The molecule has 0 heterocycles. The van der Waals surface area contributed by atoms with E-state index in [1.165, 1.54) is 18.2 Å². The quantitative estimate of drug-likeness (QED) is 0.769. The van der Waals surface area contributed by atoms with Crippen LogP contribution in [0.4, 0.5) is 17.6 Å². The lowest BCUT2D eigenvalue weighted by atomic mass is 10.1. The van der Waals surface area contributed by atoms with Crippen LogP contribution in [0, 0.1) is 5.82 Å². The van der Waals surface area contributed by atoms with Crippen molar-refractivity contribution in [1.29, 1.82) is 0 Å². The van der Waals surface area contributed by atoms with Gasteiger partial charge in [0.2, 0.25) is 10.0 Å². The summed E-state index contributed by atoms with van der Waals surface area (Å²) in [5.74, 6) is -0.444. The molecule has 1 N–H and O–H groups in total. The molecule has 0 bridgehead atoms. The molecule has 26 heavy (non-hydrogen) atoms. The topological polar surface area (TPSA) is 49.4 Å². The Bertz CT molecular complexity index is 850. The van der Waals surface area contributed by atoms with Crippen LogP contribution in [0.3, 0.4) is 0 Å². The number of hydrogen-bond donors (Lipinski definition) is 1. The lowest BCUT2D eigenvalue weighted by Crippen LogP contribution is -2.34. The molecule has 2 aromatic carbocycles. The van der Waals surface area contributed by atoms with Crippen molar-refractivity contribution >= 4 is 10.0 Å². The van der Waals surface area contributed by atoms with Crippen LogP contribution in [0.2, 0.25) is 0 Å². The van der Waals surface area contributed by atoms with Crippen molar-refractivity contribution in [3.63, 3.8) is 0 Å². The maximum Gasteiger partial charge on any atom is 0.416 e. The Balaban J connectivity index is 2.17. The summed E-state index contributed by atoms with van der Waals surface area (Å²) in [4.78, 5) is 1.44. The fourth-order valence-electron chi connectivity index (χ4n) is 2.41. The lowest BCUT2D eigenvalue weighted by Gasteiger charge is -2.25. The van der Waals surface area contributed by atoms with E-state index in [9.17, 15) is 26.0 Å². The van der Waals surface area contributed by atoms with E-state index in [2.05, 4.69) is 4.72 Å². The van der Waals surface area contributed by atoms with Crippen molar-refractivity contribution in [2.75, 3.05) is 20.6 Å². The number of hydrogen-bond acceptors (Lipinski definition) is 3. The summed E-state index contributed by atoms with van der Waals surface area (Å²) < 4.78 is 78.2. The van der Waals surface area contributed by atoms with Gasteiger partial charge in [-0.3, -0.25) is 0 Å². The molecule has 2 rings (SSSR count). The Labute approximate surface area is 149 Å². The summed E-state index contributed by atoms with van der Waals surface area (Å²) in [6, 6.07) is 8.55. The van der Waals surface area contributed by atoms with Gasteiger partial charge in [-0.25, -0.2) is 17.5 Å². The predicted molar refractivity (Wildman–Crippen MR) is 89.5 cm³/mol. The Hall–Kier alpha value is -1.97. The second kappa shape index (κ2) is 7.73. The molecular formula is C17H18F4N2O2S. The molecule has 2 aromatic rings. The Morgan fingerprint density at radius 3 is 2.19 bits per heavy atom. The van der Waals surface area contributed by atoms with Crippen LogP contribution < -0.4 is 4.72 Å². The summed E-state index contributed by atoms with van der Waals surface area (Å²) in [7, 11) is -0.586. The highest BCUT2D eigenvalue weighted by molar-refractivity contribution is 7.89. The molecule has 0 amide bonds. The average Bonchev–Trinajstić information content (AvgIpc) is 2.54. The molecule has 0 aromatic heterocycles. The Morgan fingerprint density at radius 1 is 1.08 bits per heavy atom. The number of halogens is 4. The van der Waals surface area contributed by atoms with Gasteiger partial charge in [-0.15, -0.1) is 0 Å². The van der Waals surface area contributed by atoms with E-state index in [4.69, 9.17) is 0 Å². The maximum atomic E-state index is 13.4. The highest BCUT2D eigenvalue weighted by Gasteiger charge is 2.30. The predicted octanol–water partition coefficient (Wildman–Crippen LogP) is 3.43. The first-order valence-corrected chi connectivity index (χ1v) is 9.08. The zero-order chi connectivity index (χ0) is 19.5. The first-order valence-electron chi connectivity index (χ1n) is 7.59. The fourth-order valence-corrected chi connectivity index (χ4v) is 3.45. The summed E-state index contributed by atoms with van der Waals surface area (Å²) in [6.45, 7) is -0.0696. The summed E-state index contributed by atoms with van der Waals surface area (Å²) in [5.41, 5.74) is -0.354. The van der Waals surface area contributed by atoms with Gasteiger partial charge in [0.15, 0.2) is 0 Å². The third kappa shape index (κ3) is 5.03. The second-order valence-electron chi connectivity index (χ2n) is 5.91. The smallest absolute Gasteiger partial charge is 0.301 e. The molecule has 142 valence electrons. The van der Waals surface area contributed by atoms with E-state index in [-0.39, 0.29) is 11.4 Å². The number of rotatable bonds is 6. The van der Waals surface area contributed by atoms with Crippen molar-refractivity contribution in [3.05, 3.63) is 65.5 Å². The molecule has 0 aliphatic carbocycles. The maximum absolute atomic E-state index is 13.4. The summed E-state index contributed by atoms with van der Waals surface area (Å²) >= 11 is 0. The SMILES string of the molecule is CN(C)C(CNS(=O)(=O)c1ccc(C(F)(F)F)cc1)c1cccc(F)c1. The minimum atomic E-state index is -4.54. The van der Waals surface area contributed by atoms with E-state index >= 15 is 0 Å². The van der Waals surface area contributed by atoms with Crippen LogP contribution in [0.15, 0.2) is 53.4 Å². The largest absolute Gasteiger partial charge is 0.416 e. The third-order valence-corrected chi connectivity index (χ3v) is 5.25. The zero-order valence-corrected chi connectivity index (χ0v) is 14.9. The third-order valence-electron chi connectivity index (χ3n) is 3.82. The standard InChI is InChI=1S/C17H18F4N2O2S/c1-23(2)16(12-4-3-5-14(18)10-12)11-22-26(24,25)15-8-6-13(7-9-15)17(19,20)21/h3-10,16,22H,11H2,1-2H3. The molecule has 1 unspecified atom stereocenters. The van der Waals surface area contributed by atoms with E-state index in [0.717, 1.165) is 12.1 Å². The fraction of sp³-hybridized carbons (Fsp3) is 0.294. The van der Waals surface area contributed by atoms with Gasteiger partial charge in [0.05, 0.1) is 10.5 Å². The van der Waals surface area contributed by atoms with Crippen LogP contribution in [-0.4, -0.2) is 34.0 Å². The van der Waals surface area contributed by atoms with Crippen molar-refractivity contribution in [2.45, 2.75) is 17.1 Å². The van der Waals surface area contributed by atoms with E-state index < -0.39 is 33.6 Å². The van der Waals surface area contributed by atoms with Crippen molar-refractivity contribution in [3.8, 4) is 0 Å². The van der Waals surface area contributed by atoms with Crippen LogP contribution in [0.1, 0.15) is 17.2 Å². The van der Waals surface area contributed by atoms with Crippen LogP contribution in [0.25, 0.3) is 0 Å². The minimum absolute atomic E-state index is 0.0696. The van der Waals surface area contributed by atoms with Gasteiger partial charge < -0.3 is 4.90 Å². The van der Waals surface area contributed by atoms with Crippen molar-refractivity contribution in [1.82, 2.24) is 9.62 Å². The highest BCUT2D eigenvalue weighted by atomic mass is 32.2. The zero-order valence-electron chi connectivity index (χ0n) is 14.1. The van der Waals surface area contributed by atoms with Crippen LogP contribution in [0.5, 0.6) is 0 Å². The normalized spacial score (nSPS) is 13.8. The minimum Gasteiger partial charge on any atom is -0.301 e. The van der Waals surface area contributed by atoms with E-state index in [0.29, 0.717) is 17.7 Å². The molecule has 0 aliphatic rings. The number of nitrogens with zero attached hydrogens (tertiary/aromatic N) is 1. The highest BCUT2D eigenvalue weighted by Crippen LogP contribution is 2.29. The number of alkyl halides is 3. The first-order chi connectivity index (χ1) is 12.0. The van der Waals surface area contributed by atoms with E-state index in [1.54, 1.807) is 25.1 Å². The van der Waals surface area contributed by atoms with Crippen molar-refractivity contribution < 1.29 is 26.0 Å². The van der Waals surface area contributed by atoms with Gasteiger partial charge in [0.1, 0.15) is 5.82 Å². The molecule has 0 saturated carbocycles. The molecular weight excluding hydrogens is 372 g/mol. The number of likely N-dealkylation sites (N-methyl/N-ethyl adjacent to an activating group) is 1. The Kier molecular flexibility index (Phi) is 6.05. The monoisotopic (exact) mass is 390 g/mol. The van der Waals surface area contributed by atoms with Crippen LogP contribution >= 0.6 is 0 Å². The van der Waals surface area contributed by atoms with Crippen LogP contribution in [-0.2, 0) is 16.2 Å². The number of sulfonamides is 1. The lowest BCUT2D eigenvalue weighted by molar-refractivity contribution is -0.137. The first kappa shape index (κ1) is 20.3. The summed E-state index contributed by atoms with van der Waals surface area (Å²) in [6.07, 6.45) is -4.54. The molecule has 9 heteroatoms. The van der Waals surface area contributed by atoms with Crippen molar-refractivity contribution in [2.24, 2.45) is 0 Å². The average molecular weight is 390 g/mol. The van der Waals surface area contributed by atoms with Gasteiger partial charge in [-0.2, -0.15) is 13.2 Å². The van der Waals surface area contributed by atoms with Gasteiger partial charge in [-0.05, 0) is 56.1 Å². The summed E-state index contributed by atoms with van der Waals surface area (Å²) in [5, 5.41) is 0. The molecule has 1 atom stereocenters. The van der Waals surface area contributed by atoms with E-state index in [1.807, 2.05) is 0 Å². The molecule has 0 aliphatic heterocycles. The number of benzene rings is 2. The Morgan fingerprint density at radius 2 is 1.69 bits per heavy atom. The van der Waals surface area contributed by atoms with Gasteiger partial charge in [0.25, 0.3) is 0 Å². The number of nitrogens with one attached hydrogen (secondary N) is 1. The van der Waals surface area contributed by atoms with Gasteiger partial charge >= 0.3 is 6.18 Å². The molecule has 0 radical (unpaired) electrons. The molecule has 4 nitrogen and oxygen atoms in total.